The number of hydrogen-bond acceptors (Lipinski definition) is 3. The first kappa shape index (κ1) is 21.7. The third-order valence-corrected chi connectivity index (χ3v) is 6.58. The number of carboxylic acid groups (broad SMARTS) is 1. The summed E-state index contributed by atoms with van der Waals surface area (Å²) in [5, 5.41) is 13.8. The van der Waals surface area contributed by atoms with Gasteiger partial charge in [-0.2, -0.15) is 0 Å². The summed E-state index contributed by atoms with van der Waals surface area (Å²) < 4.78 is 0. The van der Waals surface area contributed by atoms with Crippen molar-refractivity contribution in [3.63, 3.8) is 0 Å². The summed E-state index contributed by atoms with van der Waals surface area (Å²) in [5.74, 6) is -0.921. The molecule has 0 aliphatic carbocycles. The molecule has 1 fully saturated rings. The number of nitrogens with zero attached hydrogens (tertiary/aromatic N) is 1. The number of aliphatic carboxylic acids is 1. The summed E-state index contributed by atoms with van der Waals surface area (Å²) in [6.45, 7) is 10.8. The molecule has 0 saturated carbocycles. The number of rotatable bonds is 7. The molecule has 5 heteroatoms. The van der Waals surface area contributed by atoms with E-state index in [4.69, 9.17) is 11.6 Å². The standard InChI is InChI=1S/C24H31ClN2O2/c1-5-22(18-7-8-21(25)16(3)12-18)26-23-9-6-15(2)20(17(23)4)14-27-11-10-19(13-27)24(28)29/h6-9,12,19,22,26H,5,10-11,13-14H2,1-4H3,(H,28,29)/t19?,22-/m1/s1. The molecule has 2 aromatic carbocycles. The van der Waals surface area contributed by atoms with Crippen LogP contribution in [0.3, 0.4) is 0 Å². The first-order chi connectivity index (χ1) is 13.8. The highest BCUT2D eigenvalue weighted by atomic mass is 35.5. The van der Waals surface area contributed by atoms with Crippen molar-refractivity contribution >= 4 is 23.3 Å². The van der Waals surface area contributed by atoms with E-state index in [0.717, 1.165) is 42.2 Å². The van der Waals surface area contributed by atoms with Crippen LogP contribution in [0.25, 0.3) is 0 Å². The third kappa shape index (κ3) is 4.93. The lowest BCUT2D eigenvalue weighted by Gasteiger charge is -2.24. The zero-order chi connectivity index (χ0) is 21.1. The second kappa shape index (κ2) is 9.19. The first-order valence-corrected chi connectivity index (χ1v) is 10.7. The number of carboxylic acids is 1. The fourth-order valence-corrected chi connectivity index (χ4v) is 4.30. The summed E-state index contributed by atoms with van der Waals surface area (Å²) in [5.41, 5.74) is 7.25. The minimum Gasteiger partial charge on any atom is -0.481 e. The van der Waals surface area contributed by atoms with Gasteiger partial charge in [-0.05, 0) is 80.1 Å². The van der Waals surface area contributed by atoms with E-state index in [1.807, 2.05) is 13.0 Å². The van der Waals surface area contributed by atoms with Crippen molar-refractivity contribution in [1.82, 2.24) is 4.90 Å². The highest BCUT2D eigenvalue weighted by Gasteiger charge is 2.28. The Morgan fingerprint density at radius 3 is 2.62 bits per heavy atom. The molecule has 156 valence electrons. The lowest BCUT2D eigenvalue weighted by atomic mass is 9.98. The highest BCUT2D eigenvalue weighted by molar-refractivity contribution is 6.31. The average molecular weight is 415 g/mol. The van der Waals surface area contributed by atoms with E-state index in [9.17, 15) is 9.90 Å². The Morgan fingerprint density at radius 1 is 1.24 bits per heavy atom. The number of nitrogens with one attached hydrogen (secondary N) is 1. The van der Waals surface area contributed by atoms with Crippen molar-refractivity contribution in [2.75, 3.05) is 18.4 Å². The van der Waals surface area contributed by atoms with Crippen molar-refractivity contribution < 1.29 is 9.90 Å². The molecule has 1 saturated heterocycles. The molecule has 0 amide bonds. The van der Waals surface area contributed by atoms with Crippen molar-refractivity contribution in [3.8, 4) is 0 Å². The van der Waals surface area contributed by atoms with Gasteiger partial charge >= 0.3 is 5.97 Å². The van der Waals surface area contributed by atoms with Crippen LogP contribution in [0.1, 0.15) is 53.6 Å². The van der Waals surface area contributed by atoms with Crippen LogP contribution in [0.15, 0.2) is 30.3 Å². The molecule has 2 atom stereocenters. The fourth-order valence-electron chi connectivity index (χ4n) is 4.19. The second-order valence-electron chi connectivity index (χ2n) is 8.21. The zero-order valence-electron chi connectivity index (χ0n) is 17.8. The van der Waals surface area contributed by atoms with Crippen LogP contribution in [-0.2, 0) is 11.3 Å². The zero-order valence-corrected chi connectivity index (χ0v) is 18.5. The van der Waals surface area contributed by atoms with E-state index in [1.54, 1.807) is 0 Å². The molecule has 4 nitrogen and oxygen atoms in total. The predicted molar refractivity (Wildman–Crippen MR) is 120 cm³/mol. The van der Waals surface area contributed by atoms with Gasteiger partial charge < -0.3 is 10.4 Å². The molecule has 0 aromatic heterocycles. The maximum absolute atomic E-state index is 11.3. The largest absolute Gasteiger partial charge is 0.481 e. The lowest BCUT2D eigenvalue weighted by Crippen LogP contribution is -2.24. The van der Waals surface area contributed by atoms with E-state index in [-0.39, 0.29) is 12.0 Å². The molecule has 2 N–H and O–H groups in total. The molecule has 1 aliphatic rings. The molecule has 29 heavy (non-hydrogen) atoms. The van der Waals surface area contributed by atoms with Crippen molar-refractivity contribution in [2.24, 2.45) is 5.92 Å². The van der Waals surface area contributed by atoms with Crippen LogP contribution < -0.4 is 5.32 Å². The number of halogens is 1. The van der Waals surface area contributed by atoms with E-state index in [0.29, 0.717) is 6.54 Å². The van der Waals surface area contributed by atoms with Crippen LogP contribution in [-0.4, -0.2) is 29.1 Å². The van der Waals surface area contributed by atoms with Gasteiger partial charge in [0.25, 0.3) is 0 Å². The quantitative estimate of drug-likeness (QED) is 0.607. The van der Waals surface area contributed by atoms with E-state index in [2.05, 4.69) is 55.3 Å². The Morgan fingerprint density at radius 2 is 2.00 bits per heavy atom. The van der Waals surface area contributed by atoms with Gasteiger partial charge in [0.1, 0.15) is 0 Å². The average Bonchev–Trinajstić information content (AvgIpc) is 3.16. The Kier molecular flexibility index (Phi) is 6.86. The Balaban J connectivity index is 1.80. The summed E-state index contributed by atoms with van der Waals surface area (Å²) in [6.07, 6.45) is 1.70. The van der Waals surface area contributed by atoms with Gasteiger partial charge in [-0.15, -0.1) is 0 Å². The minimum atomic E-state index is -0.680. The van der Waals surface area contributed by atoms with E-state index < -0.39 is 5.97 Å². The van der Waals surface area contributed by atoms with Crippen LogP contribution in [0.2, 0.25) is 5.02 Å². The van der Waals surface area contributed by atoms with E-state index in [1.165, 1.54) is 22.3 Å². The fraction of sp³-hybridized carbons (Fsp3) is 0.458. The minimum absolute atomic E-state index is 0.211. The smallest absolute Gasteiger partial charge is 0.307 e. The summed E-state index contributed by atoms with van der Waals surface area (Å²) >= 11 is 6.20. The SMILES string of the molecule is CC[C@@H](Nc1ccc(C)c(CN2CCC(C(=O)O)C2)c1C)c1ccc(Cl)c(C)c1. The highest BCUT2D eigenvalue weighted by Crippen LogP contribution is 2.31. The van der Waals surface area contributed by atoms with Crippen LogP contribution in [0.5, 0.6) is 0 Å². The molecule has 2 aromatic rings. The molecule has 0 bridgehead atoms. The van der Waals surface area contributed by atoms with Gasteiger partial charge in [-0.3, -0.25) is 9.69 Å². The predicted octanol–water partition coefficient (Wildman–Crippen LogP) is 5.73. The maximum Gasteiger partial charge on any atom is 0.307 e. The van der Waals surface area contributed by atoms with Crippen molar-refractivity contribution in [1.29, 1.82) is 0 Å². The summed E-state index contributed by atoms with van der Waals surface area (Å²) in [7, 11) is 0. The Hall–Kier alpha value is -2.04. The Labute approximate surface area is 178 Å². The van der Waals surface area contributed by atoms with Gasteiger partial charge in [0.15, 0.2) is 0 Å². The molecule has 1 heterocycles. The number of aryl methyl sites for hydroxylation is 2. The third-order valence-electron chi connectivity index (χ3n) is 6.16. The summed E-state index contributed by atoms with van der Waals surface area (Å²) in [6, 6.07) is 10.7. The van der Waals surface area contributed by atoms with Crippen LogP contribution >= 0.6 is 11.6 Å². The topological polar surface area (TPSA) is 52.6 Å². The van der Waals surface area contributed by atoms with Gasteiger partial charge in [-0.1, -0.05) is 36.7 Å². The van der Waals surface area contributed by atoms with Crippen LogP contribution in [0, 0.1) is 26.7 Å². The van der Waals surface area contributed by atoms with E-state index >= 15 is 0 Å². The van der Waals surface area contributed by atoms with Gasteiger partial charge in [0, 0.05) is 23.8 Å². The molecule has 3 rings (SSSR count). The molecule has 0 spiro atoms. The molecular formula is C24H31ClN2O2. The lowest BCUT2D eigenvalue weighted by molar-refractivity contribution is -0.141. The molecular weight excluding hydrogens is 384 g/mol. The number of hydrogen-bond donors (Lipinski definition) is 2. The van der Waals surface area contributed by atoms with Crippen molar-refractivity contribution in [3.05, 3.63) is 63.2 Å². The number of likely N-dealkylation sites (tertiary alicyclic amines) is 1. The first-order valence-electron chi connectivity index (χ1n) is 10.4. The van der Waals surface area contributed by atoms with Gasteiger partial charge in [-0.25, -0.2) is 0 Å². The van der Waals surface area contributed by atoms with Gasteiger partial charge in [0.2, 0.25) is 0 Å². The maximum atomic E-state index is 11.3. The molecule has 1 aliphatic heterocycles. The number of anilines is 1. The second-order valence-corrected chi connectivity index (χ2v) is 8.61. The Bertz CT molecular complexity index is 897. The monoisotopic (exact) mass is 414 g/mol. The van der Waals surface area contributed by atoms with Crippen molar-refractivity contribution in [2.45, 2.75) is 53.1 Å². The number of benzene rings is 2. The molecule has 0 radical (unpaired) electrons. The van der Waals surface area contributed by atoms with Crippen LogP contribution in [0.4, 0.5) is 5.69 Å². The number of carbonyl (C=O) groups is 1. The normalized spacial score (nSPS) is 18.0. The van der Waals surface area contributed by atoms with Gasteiger partial charge in [0.05, 0.1) is 12.0 Å². The molecule has 1 unspecified atom stereocenters. The summed E-state index contributed by atoms with van der Waals surface area (Å²) in [4.78, 5) is 13.5.